The van der Waals surface area contributed by atoms with Crippen LogP contribution in [0.15, 0.2) is 48.5 Å². The second-order valence-electron chi connectivity index (χ2n) is 7.04. The molecule has 4 rings (SSSR count). The van der Waals surface area contributed by atoms with Crippen LogP contribution in [-0.2, 0) is 19.7 Å². The molecule has 1 atom stereocenters. The van der Waals surface area contributed by atoms with Crippen LogP contribution in [0.1, 0.15) is 36.8 Å². The summed E-state index contributed by atoms with van der Waals surface area (Å²) in [6.07, 6.45) is 2.63. The molecule has 0 radical (unpaired) electrons. The quantitative estimate of drug-likeness (QED) is 0.768. The topological polar surface area (TPSA) is 54.0 Å². The van der Waals surface area contributed by atoms with Crippen LogP contribution >= 0.6 is 0 Å². The van der Waals surface area contributed by atoms with Gasteiger partial charge in [-0.05, 0) is 48.2 Å². The number of esters is 1. The number of carbonyl (C=O) groups excluding carboxylic acids is 1. The fourth-order valence-corrected chi connectivity index (χ4v) is 4.49. The lowest BCUT2D eigenvalue weighted by Crippen LogP contribution is -2.57. The Hall–Kier alpha value is -2.53. The summed E-state index contributed by atoms with van der Waals surface area (Å²) in [5.41, 5.74) is 1.54. The first-order chi connectivity index (χ1) is 13.1. The lowest BCUT2D eigenvalue weighted by atomic mass is 9.63. The van der Waals surface area contributed by atoms with Crippen molar-refractivity contribution < 1.29 is 23.7 Å². The van der Waals surface area contributed by atoms with Crippen molar-refractivity contribution >= 4 is 5.97 Å². The molecule has 142 valence electrons. The molecule has 0 aliphatic carbocycles. The predicted molar refractivity (Wildman–Crippen MR) is 100 cm³/mol. The number of benzene rings is 2. The van der Waals surface area contributed by atoms with E-state index in [4.69, 9.17) is 18.9 Å². The van der Waals surface area contributed by atoms with Gasteiger partial charge in [-0.3, -0.25) is 4.79 Å². The first kappa shape index (κ1) is 17.9. The number of rotatable bonds is 4. The highest BCUT2D eigenvalue weighted by atomic mass is 16.7. The molecule has 0 saturated carbocycles. The lowest BCUT2D eigenvalue weighted by molar-refractivity contribution is -0.256. The molecule has 0 N–H and O–H groups in total. The van der Waals surface area contributed by atoms with Crippen molar-refractivity contribution in [2.75, 3.05) is 20.8 Å². The van der Waals surface area contributed by atoms with E-state index in [2.05, 4.69) is 0 Å². The van der Waals surface area contributed by atoms with Gasteiger partial charge in [0.1, 0.15) is 11.5 Å². The van der Waals surface area contributed by atoms with Gasteiger partial charge in [0.25, 0.3) is 0 Å². The van der Waals surface area contributed by atoms with E-state index >= 15 is 0 Å². The molecular weight excluding hydrogens is 344 g/mol. The van der Waals surface area contributed by atoms with Gasteiger partial charge >= 0.3 is 5.97 Å². The largest absolute Gasteiger partial charge is 0.497 e. The maximum atomic E-state index is 12.1. The minimum atomic E-state index is -0.981. The molecule has 0 unspecified atom stereocenters. The van der Waals surface area contributed by atoms with Crippen LogP contribution in [0.25, 0.3) is 0 Å². The molecule has 5 nitrogen and oxygen atoms in total. The van der Waals surface area contributed by atoms with E-state index in [1.807, 2.05) is 48.5 Å². The Bertz CT molecular complexity index is 764. The molecule has 2 aliphatic heterocycles. The Labute approximate surface area is 159 Å². The van der Waals surface area contributed by atoms with Crippen LogP contribution in [0.4, 0.5) is 0 Å². The SMILES string of the molecule is COc1ccc(C2(c3ccc(OC)cc3)CCCO[C@]23CCC(=O)O3)cc1. The fourth-order valence-electron chi connectivity index (χ4n) is 4.49. The average Bonchev–Trinajstić information content (AvgIpc) is 3.10. The highest BCUT2D eigenvalue weighted by molar-refractivity contribution is 5.73. The molecule has 2 aromatic carbocycles. The van der Waals surface area contributed by atoms with Crippen LogP contribution in [0.3, 0.4) is 0 Å². The second-order valence-corrected chi connectivity index (χ2v) is 7.04. The molecular formula is C22H24O5. The lowest BCUT2D eigenvalue weighted by Gasteiger charge is -2.50. The summed E-state index contributed by atoms with van der Waals surface area (Å²) in [7, 11) is 3.30. The molecule has 27 heavy (non-hydrogen) atoms. The molecule has 2 fully saturated rings. The summed E-state index contributed by atoms with van der Waals surface area (Å²) in [6.45, 7) is 0.585. The van der Waals surface area contributed by atoms with E-state index in [9.17, 15) is 4.79 Å². The maximum Gasteiger partial charge on any atom is 0.308 e. The Morgan fingerprint density at radius 2 is 1.41 bits per heavy atom. The van der Waals surface area contributed by atoms with E-state index in [1.54, 1.807) is 14.2 Å². The number of hydrogen-bond acceptors (Lipinski definition) is 5. The third-order valence-electron chi connectivity index (χ3n) is 5.78. The Morgan fingerprint density at radius 1 is 0.852 bits per heavy atom. The van der Waals surface area contributed by atoms with Crippen molar-refractivity contribution in [3.8, 4) is 11.5 Å². The van der Waals surface area contributed by atoms with Crippen LogP contribution in [0, 0.1) is 0 Å². The number of carbonyl (C=O) groups is 1. The van der Waals surface area contributed by atoms with Crippen molar-refractivity contribution in [2.24, 2.45) is 0 Å². The third kappa shape index (κ3) is 2.77. The molecule has 2 saturated heterocycles. The smallest absolute Gasteiger partial charge is 0.308 e. The Kier molecular flexibility index (Phi) is 4.56. The molecule has 2 heterocycles. The van der Waals surface area contributed by atoms with Crippen LogP contribution in [0.5, 0.6) is 11.5 Å². The molecule has 0 bridgehead atoms. The summed E-state index contributed by atoms with van der Waals surface area (Å²) in [6, 6.07) is 16.0. The molecule has 0 amide bonds. The third-order valence-corrected chi connectivity index (χ3v) is 5.78. The Balaban J connectivity index is 1.91. The van der Waals surface area contributed by atoms with E-state index in [1.165, 1.54) is 0 Å². The Morgan fingerprint density at radius 3 is 1.85 bits per heavy atom. The van der Waals surface area contributed by atoms with Crippen molar-refractivity contribution in [1.29, 1.82) is 0 Å². The predicted octanol–water partition coefficient (Wildman–Crippen LogP) is 3.83. The summed E-state index contributed by atoms with van der Waals surface area (Å²) in [5.74, 6) is 0.393. The summed E-state index contributed by atoms with van der Waals surface area (Å²) in [4.78, 5) is 12.1. The summed E-state index contributed by atoms with van der Waals surface area (Å²) >= 11 is 0. The number of ether oxygens (including phenoxy) is 4. The van der Waals surface area contributed by atoms with Crippen LogP contribution in [0.2, 0.25) is 0 Å². The number of hydrogen-bond donors (Lipinski definition) is 0. The van der Waals surface area contributed by atoms with Crippen molar-refractivity contribution in [3.05, 3.63) is 59.7 Å². The standard InChI is InChI=1S/C22H24O5/c1-24-18-8-4-16(5-9-18)21(17-6-10-19(25-2)11-7-17)13-3-15-26-22(21)14-12-20(23)27-22/h4-11H,3,12-15H2,1-2H3/t22-/m0/s1. The molecule has 1 spiro atoms. The molecule has 0 aromatic heterocycles. The van der Waals surface area contributed by atoms with E-state index in [-0.39, 0.29) is 5.97 Å². The zero-order chi connectivity index (χ0) is 18.9. The van der Waals surface area contributed by atoms with Gasteiger partial charge in [0.2, 0.25) is 5.79 Å². The van der Waals surface area contributed by atoms with Crippen LogP contribution in [-0.4, -0.2) is 32.6 Å². The zero-order valence-electron chi connectivity index (χ0n) is 15.7. The maximum absolute atomic E-state index is 12.1. The minimum Gasteiger partial charge on any atom is -0.497 e. The first-order valence-corrected chi connectivity index (χ1v) is 9.28. The van der Waals surface area contributed by atoms with Gasteiger partial charge in [-0.2, -0.15) is 0 Å². The highest BCUT2D eigenvalue weighted by Crippen LogP contribution is 2.55. The van der Waals surface area contributed by atoms with E-state index in [0.717, 1.165) is 35.5 Å². The molecule has 2 aromatic rings. The monoisotopic (exact) mass is 368 g/mol. The normalized spacial score (nSPS) is 23.9. The summed E-state index contributed by atoms with van der Waals surface area (Å²) in [5, 5.41) is 0. The minimum absolute atomic E-state index is 0.205. The average molecular weight is 368 g/mol. The van der Waals surface area contributed by atoms with Crippen molar-refractivity contribution in [1.82, 2.24) is 0 Å². The summed E-state index contributed by atoms with van der Waals surface area (Å²) < 4.78 is 22.8. The van der Waals surface area contributed by atoms with E-state index in [0.29, 0.717) is 19.4 Å². The van der Waals surface area contributed by atoms with Crippen LogP contribution < -0.4 is 9.47 Å². The molecule has 2 aliphatic rings. The van der Waals surface area contributed by atoms with Gasteiger partial charge in [-0.1, -0.05) is 24.3 Å². The van der Waals surface area contributed by atoms with Gasteiger partial charge in [0.05, 0.1) is 32.7 Å². The van der Waals surface area contributed by atoms with Crippen molar-refractivity contribution in [3.63, 3.8) is 0 Å². The van der Waals surface area contributed by atoms with E-state index < -0.39 is 11.2 Å². The van der Waals surface area contributed by atoms with Gasteiger partial charge in [-0.15, -0.1) is 0 Å². The second kappa shape index (κ2) is 6.89. The highest BCUT2D eigenvalue weighted by Gasteiger charge is 2.61. The van der Waals surface area contributed by atoms with Crippen molar-refractivity contribution in [2.45, 2.75) is 36.9 Å². The fraction of sp³-hybridized carbons (Fsp3) is 0.409. The van der Waals surface area contributed by atoms with Gasteiger partial charge in [0, 0.05) is 6.42 Å². The van der Waals surface area contributed by atoms with Gasteiger partial charge in [0.15, 0.2) is 0 Å². The first-order valence-electron chi connectivity index (χ1n) is 9.28. The number of methoxy groups -OCH3 is 2. The molecule has 5 heteroatoms. The zero-order valence-corrected chi connectivity index (χ0v) is 15.7. The van der Waals surface area contributed by atoms with Gasteiger partial charge in [-0.25, -0.2) is 0 Å². The van der Waals surface area contributed by atoms with Gasteiger partial charge < -0.3 is 18.9 Å².